The maximum Gasteiger partial charge on any atom is 0.224 e. The zero-order valence-electron chi connectivity index (χ0n) is 14.8. The normalized spacial score (nSPS) is 10.5. The molecule has 134 valence electrons. The first kappa shape index (κ1) is 20.2. The quantitative estimate of drug-likeness (QED) is 0.820. The first-order chi connectivity index (χ1) is 10.9. The van der Waals surface area contributed by atoms with E-state index in [1.54, 1.807) is 4.90 Å². The van der Waals surface area contributed by atoms with Crippen molar-refractivity contribution < 1.29 is 13.8 Å². The van der Waals surface area contributed by atoms with Crippen LogP contribution >= 0.6 is 12.4 Å². The minimum Gasteiger partial charge on any atom is -0.361 e. The fraction of sp³-hybridized carbons (Fsp3) is 0.562. The fourth-order valence-electron chi connectivity index (χ4n) is 2.46. The maximum atomic E-state index is 12.6. The Bertz CT molecular complexity index is 594. The molecule has 1 N–H and O–H groups in total. The Balaban J connectivity index is 0.00000288. The molecule has 0 saturated carbocycles. The highest BCUT2D eigenvalue weighted by Crippen LogP contribution is 2.20. The van der Waals surface area contributed by atoms with Gasteiger partial charge in [0.05, 0.1) is 24.5 Å². The summed E-state index contributed by atoms with van der Waals surface area (Å²) < 4.78 is 10.4. The lowest BCUT2D eigenvalue weighted by molar-refractivity contribution is -0.132. The van der Waals surface area contributed by atoms with Gasteiger partial charge in [0.2, 0.25) is 5.91 Å². The largest absolute Gasteiger partial charge is 0.361 e. The second-order valence-electron chi connectivity index (χ2n) is 5.71. The van der Waals surface area contributed by atoms with Crippen LogP contribution in [0.25, 0.3) is 0 Å². The number of hydrogen-bond donors (Lipinski definition) is 1. The van der Waals surface area contributed by atoms with Crippen molar-refractivity contribution in [3.63, 3.8) is 0 Å². The molecule has 24 heavy (non-hydrogen) atoms. The predicted octanol–water partition coefficient (Wildman–Crippen LogP) is 2.46. The highest BCUT2D eigenvalue weighted by molar-refractivity contribution is 5.85. The molecule has 0 fully saturated rings. The number of hydrogen-bond acceptors (Lipinski definition) is 6. The van der Waals surface area contributed by atoms with Gasteiger partial charge in [-0.3, -0.25) is 4.79 Å². The molecule has 0 unspecified atom stereocenters. The van der Waals surface area contributed by atoms with E-state index in [4.69, 9.17) is 9.05 Å². The number of amides is 1. The van der Waals surface area contributed by atoms with E-state index in [0.717, 1.165) is 34.0 Å². The lowest BCUT2D eigenvalue weighted by atomic mass is 10.1. The summed E-state index contributed by atoms with van der Waals surface area (Å²) in [6.07, 6.45) is 0.434. The average molecular weight is 357 g/mol. The molecule has 0 aliphatic rings. The first-order valence-electron chi connectivity index (χ1n) is 7.70. The second-order valence-corrected chi connectivity index (χ2v) is 5.71. The number of rotatable bonds is 7. The summed E-state index contributed by atoms with van der Waals surface area (Å²) in [7, 11) is 1.83. The highest BCUT2D eigenvalue weighted by Gasteiger charge is 2.21. The molecule has 8 heteroatoms. The third-order valence-corrected chi connectivity index (χ3v) is 4.00. The molecule has 1 amide bonds. The van der Waals surface area contributed by atoms with Gasteiger partial charge in [0, 0.05) is 24.1 Å². The van der Waals surface area contributed by atoms with Gasteiger partial charge in [0.15, 0.2) is 0 Å². The molecule has 0 bridgehead atoms. The molecule has 0 aromatic carbocycles. The van der Waals surface area contributed by atoms with Crippen LogP contribution in [0.5, 0.6) is 0 Å². The van der Waals surface area contributed by atoms with E-state index < -0.39 is 0 Å². The van der Waals surface area contributed by atoms with Gasteiger partial charge in [0.1, 0.15) is 11.5 Å². The van der Waals surface area contributed by atoms with Gasteiger partial charge in [-0.05, 0) is 34.7 Å². The highest BCUT2D eigenvalue weighted by atomic mass is 35.5. The molecule has 0 aliphatic heterocycles. The summed E-state index contributed by atoms with van der Waals surface area (Å²) in [6, 6.07) is 0. The molecule has 2 heterocycles. The van der Waals surface area contributed by atoms with Gasteiger partial charge in [-0.1, -0.05) is 10.3 Å². The van der Waals surface area contributed by atoms with E-state index in [1.807, 2.05) is 34.7 Å². The van der Waals surface area contributed by atoms with Crippen LogP contribution in [0, 0.1) is 27.7 Å². The lowest BCUT2D eigenvalue weighted by Gasteiger charge is -2.22. The first-order valence-corrected chi connectivity index (χ1v) is 7.70. The Kier molecular flexibility index (Phi) is 7.44. The van der Waals surface area contributed by atoms with Crippen LogP contribution in [-0.2, 0) is 17.9 Å². The SMILES string of the molecule is CNCCC(=O)N(Cc1c(C)noc1C)Cc1c(C)noc1C.Cl. The van der Waals surface area contributed by atoms with E-state index >= 15 is 0 Å². The van der Waals surface area contributed by atoms with Crippen LogP contribution < -0.4 is 5.32 Å². The van der Waals surface area contributed by atoms with E-state index in [-0.39, 0.29) is 18.3 Å². The molecule has 2 aromatic rings. The van der Waals surface area contributed by atoms with Crippen molar-refractivity contribution in [1.29, 1.82) is 0 Å². The van der Waals surface area contributed by atoms with Gasteiger partial charge in [-0.25, -0.2) is 0 Å². The molecule has 2 aromatic heterocycles. The molecule has 0 saturated heterocycles. The minimum atomic E-state index is 0. The monoisotopic (exact) mass is 356 g/mol. The van der Waals surface area contributed by atoms with Gasteiger partial charge in [0.25, 0.3) is 0 Å². The Morgan fingerprint density at radius 2 is 1.46 bits per heavy atom. The van der Waals surface area contributed by atoms with E-state index in [2.05, 4.69) is 15.6 Å². The van der Waals surface area contributed by atoms with E-state index in [1.165, 1.54) is 0 Å². The number of carbonyl (C=O) groups is 1. The minimum absolute atomic E-state index is 0. The third-order valence-electron chi connectivity index (χ3n) is 4.00. The number of carbonyl (C=O) groups excluding carboxylic acids is 1. The van der Waals surface area contributed by atoms with E-state index in [0.29, 0.717) is 26.1 Å². The van der Waals surface area contributed by atoms with E-state index in [9.17, 15) is 4.79 Å². The van der Waals surface area contributed by atoms with Gasteiger partial charge in [-0.2, -0.15) is 0 Å². The Morgan fingerprint density at radius 3 is 1.79 bits per heavy atom. The van der Waals surface area contributed by atoms with Crippen LogP contribution in [0.4, 0.5) is 0 Å². The zero-order chi connectivity index (χ0) is 17.0. The smallest absolute Gasteiger partial charge is 0.224 e. The van der Waals surface area contributed by atoms with Crippen molar-refractivity contribution in [2.45, 2.75) is 47.2 Å². The van der Waals surface area contributed by atoms with Crippen molar-refractivity contribution in [2.75, 3.05) is 13.6 Å². The second kappa shape index (κ2) is 8.84. The van der Waals surface area contributed by atoms with Crippen LogP contribution in [0.1, 0.15) is 40.5 Å². The summed E-state index contributed by atoms with van der Waals surface area (Å²) in [4.78, 5) is 14.4. The molecule has 7 nitrogen and oxygen atoms in total. The predicted molar refractivity (Wildman–Crippen MR) is 92.0 cm³/mol. The number of nitrogens with one attached hydrogen (secondary N) is 1. The topological polar surface area (TPSA) is 84.4 Å². The Morgan fingerprint density at radius 1 is 1.00 bits per heavy atom. The van der Waals surface area contributed by atoms with Crippen LogP contribution in [0.2, 0.25) is 0 Å². The van der Waals surface area contributed by atoms with Crippen molar-refractivity contribution >= 4 is 18.3 Å². The van der Waals surface area contributed by atoms with Crippen molar-refractivity contribution in [3.8, 4) is 0 Å². The molecule has 0 radical (unpaired) electrons. The van der Waals surface area contributed by atoms with Crippen LogP contribution in [0.3, 0.4) is 0 Å². The van der Waals surface area contributed by atoms with Crippen molar-refractivity contribution in [1.82, 2.24) is 20.5 Å². The fourth-order valence-corrected chi connectivity index (χ4v) is 2.46. The van der Waals surface area contributed by atoms with Crippen molar-refractivity contribution in [2.24, 2.45) is 0 Å². The Labute approximate surface area is 148 Å². The summed E-state index contributed by atoms with van der Waals surface area (Å²) in [5.74, 6) is 1.56. The maximum absolute atomic E-state index is 12.6. The number of aryl methyl sites for hydroxylation is 4. The van der Waals surface area contributed by atoms with Gasteiger partial charge >= 0.3 is 0 Å². The number of nitrogens with zero attached hydrogens (tertiary/aromatic N) is 3. The molecule has 0 atom stereocenters. The molecule has 0 aliphatic carbocycles. The summed E-state index contributed by atoms with van der Waals surface area (Å²) in [5.41, 5.74) is 3.53. The van der Waals surface area contributed by atoms with Gasteiger partial charge in [-0.15, -0.1) is 12.4 Å². The number of halogens is 1. The van der Waals surface area contributed by atoms with Crippen molar-refractivity contribution in [3.05, 3.63) is 34.0 Å². The molecular weight excluding hydrogens is 332 g/mol. The van der Waals surface area contributed by atoms with Gasteiger partial charge < -0.3 is 19.3 Å². The summed E-state index contributed by atoms with van der Waals surface area (Å²) >= 11 is 0. The molecule has 2 rings (SSSR count). The molecular formula is C16H25ClN4O3. The zero-order valence-corrected chi connectivity index (χ0v) is 15.6. The average Bonchev–Trinajstić information content (AvgIpc) is 3.01. The van der Waals surface area contributed by atoms with Crippen LogP contribution in [0.15, 0.2) is 9.05 Å². The summed E-state index contributed by atoms with van der Waals surface area (Å²) in [6.45, 7) is 9.07. The number of aromatic nitrogens is 2. The Hall–Kier alpha value is -1.86. The standard InChI is InChI=1S/C16H24N4O3.ClH/c1-10-14(12(3)22-18-10)8-20(16(21)6-7-17-5)9-15-11(2)19-23-13(15)4;/h17H,6-9H2,1-5H3;1H. The lowest BCUT2D eigenvalue weighted by Crippen LogP contribution is -2.32. The third kappa shape index (κ3) is 4.58. The molecule has 0 spiro atoms. The summed E-state index contributed by atoms with van der Waals surface area (Å²) in [5, 5.41) is 10.9. The van der Waals surface area contributed by atoms with Crippen LogP contribution in [-0.4, -0.2) is 34.7 Å².